The molecule has 0 saturated carbocycles. The maximum absolute atomic E-state index is 13.4. The van der Waals surface area contributed by atoms with E-state index in [2.05, 4.69) is 19.7 Å². The third-order valence-corrected chi connectivity index (χ3v) is 6.13. The van der Waals surface area contributed by atoms with E-state index in [1.165, 1.54) is 18.2 Å². The van der Waals surface area contributed by atoms with Crippen molar-refractivity contribution in [2.75, 3.05) is 24.9 Å². The number of ether oxygens (including phenoxy) is 1. The van der Waals surface area contributed by atoms with Gasteiger partial charge in [-0.1, -0.05) is 6.07 Å². The van der Waals surface area contributed by atoms with Gasteiger partial charge in [0.15, 0.2) is 5.52 Å². The Hall–Kier alpha value is -2.86. The van der Waals surface area contributed by atoms with Crippen molar-refractivity contribution in [1.29, 1.82) is 0 Å². The second-order valence-electron chi connectivity index (χ2n) is 6.99. The monoisotopic (exact) mass is 442 g/mol. The van der Waals surface area contributed by atoms with Crippen molar-refractivity contribution in [3.63, 3.8) is 0 Å². The number of rotatable bonds is 5. The van der Waals surface area contributed by atoms with Crippen LogP contribution in [0.4, 0.5) is 18.9 Å². The van der Waals surface area contributed by atoms with Crippen LogP contribution >= 0.6 is 0 Å². The molecule has 2 aromatic carbocycles. The van der Waals surface area contributed by atoms with Crippen molar-refractivity contribution in [2.24, 2.45) is 0 Å². The van der Waals surface area contributed by atoms with Gasteiger partial charge in [-0.05, 0) is 48.0 Å². The van der Waals surface area contributed by atoms with Crippen LogP contribution in [0.5, 0.6) is 5.75 Å². The molecule has 8 nitrogen and oxygen atoms in total. The molecule has 0 bridgehead atoms. The quantitative estimate of drug-likeness (QED) is 0.648. The summed E-state index contributed by atoms with van der Waals surface area (Å²) in [5, 5.41) is 7.17. The van der Waals surface area contributed by atoms with Gasteiger partial charge in [-0.15, -0.1) is 0 Å². The molecular weight excluding hydrogens is 425 g/mol. The molecule has 1 aliphatic heterocycles. The molecule has 1 aromatic heterocycles. The molecule has 0 amide bonds. The molecular formula is C18H17F3N4O4S. The van der Waals surface area contributed by atoms with Gasteiger partial charge in [0.2, 0.25) is 0 Å². The first-order chi connectivity index (χ1) is 14.1. The average Bonchev–Trinajstić information content (AvgIpc) is 3.29. The van der Waals surface area contributed by atoms with E-state index in [1.807, 2.05) is 11.9 Å². The van der Waals surface area contributed by atoms with Crippen LogP contribution in [0.25, 0.3) is 11.0 Å². The number of fused-ring (bicyclic) bond motifs is 1. The number of aromatic nitrogens is 2. The van der Waals surface area contributed by atoms with Crippen molar-refractivity contribution in [3.05, 3.63) is 42.0 Å². The summed E-state index contributed by atoms with van der Waals surface area (Å²) in [5.74, 6) is -0.427. The lowest BCUT2D eigenvalue weighted by Gasteiger charge is -2.19. The summed E-state index contributed by atoms with van der Waals surface area (Å²) in [6, 6.07) is 7.15. The Morgan fingerprint density at radius 2 is 2.03 bits per heavy atom. The van der Waals surface area contributed by atoms with Crippen molar-refractivity contribution >= 4 is 26.7 Å². The van der Waals surface area contributed by atoms with Gasteiger partial charge < -0.3 is 9.64 Å². The van der Waals surface area contributed by atoms with E-state index in [9.17, 15) is 21.6 Å². The first kappa shape index (κ1) is 20.4. The third-order valence-electron chi connectivity index (χ3n) is 4.72. The Balaban J connectivity index is 1.67. The van der Waals surface area contributed by atoms with Gasteiger partial charge in [-0.3, -0.25) is 4.72 Å². The summed E-state index contributed by atoms with van der Waals surface area (Å²) in [5.41, 5.74) is -0.789. The molecule has 1 atom stereocenters. The number of nitrogens with zero attached hydrogens (tertiary/aromatic N) is 3. The number of hydrogen-bond acceptors (Lipinski definition) is 7. The standard InChI is InChI=1S/C18H17F3N4O4S/c1-25-8-7-12(10-25)28-15-9-11(5-6-13(15)18(19,20)21)24-30(26,27)16-4-2-3-14-17(16)23-29-22-14/h2-6,9,12,24H,7-8,10H2,1H3/t12-/m1/s1. The number of likely N-dealkylation sites (tertiary alicyclic amines) is 1. The largest absolute Gasteiger partial charge is 0.488 e. The predicted octanol–water partition coefficient (Wildman–Crippen LogP) is 3.13. The van der Waals surface area contributed by atoms with Gasteiger partial charge >= 0.3 is 6.18 Å². The number of likely N-dealkylation sites (N-methyl/N-ethyl adjacent to an activating group) is 1. The minimum absolute atomic E-state index is 0.0161. The Kier molecular flexibility index (Phi) is 5.06. The van der Waals surface area contributed by atoms with Gasteiger partial charge in [-0.2, -0.15) is 13.2 Å². The van der Waals surface area contributed by atoms with Crippen LogP contribution in [-0.2, 0) is 16.2 Å². The zero-order valence-corrected chi connectivity index (χ0v) is 16.5. The van der Waals surface area contributed by atoms with Crippen LogP contribution in [0.2, 0.25) is 0 Å². The van der Waals surface area contributed by atoms with E-state index in [4.69, 9.17) is 4.74 Å². The van der Waals surface area contributed by atoms with Crippen molar-refractivity contribution < 1.29 is 31.0 Å². The molecule has 160 valence electrons. The van der Waals surface area contributed by atoms with Crippen LogP contribution in [-0.4, -0.2) is 49.9 Å². The molecule has 1 aliphatic rings. The fraction of sp³-hybridized carbons (Fsp3) is 0.333. The van der Waals surface area contributed by atoms with Crippen LogP contribution in [0.1, 0.15) is 12.0 Å². The van der Waals surface area contributed by atoms with Crippen LogP contribution < -0.4 is 9.46 Å². The van der Waals surface area contributed by atoms with Gasteiger partial charge in [0.25, 0.3) is 10.0 Å². The maximum Gasteiger partial charge on any atom is 0.419 e. The van der Waals surface area contributed by atoms with Crippen molar-refractivity contribution in [3.8, 4) is 5.75 Å². The van der Waals surface area contributed by atoms with Crippen LogP contribution in [0, 0.1) is 0 Å². The summed E-state index contributed by atoms with van der Waals surface area (Å²) in [6.45, 7) is 1.18. The first-order valence-electron chi connectivity index (χ1n) is 8.94. The highest BCUT2D eigenvalue weighted by Gasteiger charge is 2.36. The summed E-state index contributed by atoms with van der Waals surface area (Å²) < 4.78 is 78.3. The lowest BCUT2D eigenvalue weighted by atomic mass is 10.1. The minimum atomic E-state index is -4.64. The van der Waals surface area contributed by atoms with Gasteiger partial charge in [0, 0.05) is 19.2 Å². The summed E-state index contributed by atoms with van der Waals surface area (Å²) in [4.78, 5) is 1.73. The fourth-order valence-corrected chi connectivity index (χ4v) is 4.50. The zero-order chi connectivity index (χ0) is 21.5. The van der Waals surface area contributed by atoms with Gasteiger partial charge in [0.1, 0.15) is 22.3 Å². The second kappa shape index (κ2) is 7.43. The maximum atomic E-state index is 13.4. The van der Waals surface area contributed by atoms with Crippen LogP contribution in [0.3, 0.4) is 0 Å². The fourth-order valence-electron chi connectivity index (χ4n) is 3.30. The highest BCUT2D eigenvalue weighted by Crippen LogP contribution is 2.39. The molecule has 4 rings (SSSR count). The molecule has 0 aliphatic carbocycles. The Bertz CT molecular complexity index is 1180. The van der Waals surface area contributed by atoms with Crippen molar-refractivity contribution in [1.82, 2.24) is 15.2 Å². The minimum Gasteiger partial charge on any atom is -0.488 e. The molecule has 2 heterocycles. The van der Waals surface area contributed by atoms with E-state index >= 15 is 0 Å². The number of benzene rings is 2. The lowest BCUT2D eigenvalue weighted by Crippen LogP contribution is -2.23. The van der Waals surface area contributed by atoms with Crippen LogP contribution in [0.15, 0.2) is 45.9 Å². The number of anilines is 1. The Morgan fingerprint density at radius 1 is 1.23 bits per heavy atom. The first-order valence-corrected chi connectivity index (χ1v) is 10.4. The molecule has 1 saturated heterocycles. The van der Waals surface area contributed by atoms with E-state index in [0.717, 1.165) is 18.2 Å². The average molecular weight is 442 g/mol. The number of halogens is 3. The molecule has 1 fully saturated rings. The lowest BCUT2D eigenvalue weighted by molar-refractivity contribution is -0.139. The number of nitrogens with one attached hydrogen (secondary N) is 1. The molecule has 12 heteroatoms. The highest BCUT2D eigenvalue weighted by atomic mass is 32.2. The number of hydrogen-bond donors (Lipinski definition) is 1. The molecule has 0 radical (unpaired) electrons. The molecule has 3 aromatic rings. The molecule has 1 N–H and O–H groups in total. The van der Waals surface area contributed by atoms with E-state index in [1.54, 1.807) is 0 Å². The van der Waals surface area contributed by atoms with E-state index in [-0.39, 0.29) is 21.6 Å². The molecule has 0 unspecified atom stereocenters. The van der Waals surface area contributed by atoms with Crippen molar-refractivity contribution in [2.45, 2.75) is 23.6 Å². The second-order valence-corrected chi connectivity index (χ2v) is 8.64. The summed E-state index contributed by atoms with van der Waals surface area (Å²) >= 11 is 0. The number of alkyl halides is 3. The third kappa shape index (κ3) is 4.05. The zero-order valence-electron chi connectivity index (χ0n) is 15.7. The Morgan fingerprint density at radius 3 is 2.73 bits per heavy atom. The van der Waals surface area contributed by atoms with Gasteiger partial charge in [-0.25, -0.2) is 13.0 Å². The Labute approximate surface area is 169 Å². The predicted molar refractivity (Wildman–Crippen MR) is 101 cm³/mol. The molecule has 0 spiro atoms. The number of sulfonamides is 1. The highest BCUT2D eigenvalue weighted by molar-refractivity contribution is 7.93. The van der Waals surface area contributed by atoms with E-state index < -0.39 is 33.6 Å². The summed E-state index contributed by atoms with van der Waals surface area (Å²) in [7, 11) is -2.32. The normalized spacial score (nSPS) is 18.1. The van der Waals surface area contributed by atoms with E-state index in [0.29, 0.717) is 19.5 Å². The molecule has 30 heavy (non-hydrogen) atoms. The topological polar surface area (TPSA) is 97.6 Å². The smallest absolute Gasteiger partial charge is 0.419 e. The SMILES string of the molecule is CN1CC[C@@H](Oc2cc(NS(=O)(=O)c3cccc4nonc34)ccc2C(F)(F)F)C1. The van der Waals surface area contributed by atoms with Gasteiger partial charge in [0.05, 0.1) is 11.3 Å². The summed E-state index contributed by atoms with van der Waals surface area (Å²) in [6.07, 6.45) is -4.49.